The first kappa shape index (κ1) is 14.0. The third kappa shape index (κ3) is 4.00. The normalized spacial score (nSPS) is 14.8. The predicted molar refractivity (Wildman–Crippen MR) is 60.2 cm³/mol. The van der Waals surface area contributed by atoms with Crippen molar-refractivity contribution in [2.75, 3.05) is 0 Å². The molecule has 0 bridgehead atoms. The van der Waals surface area contributed by atoms with Crippen LogP contribution in [-0.4, -0.2) is 4.98 Å². The largest absolute Gasteiger partial charge is 0.416 e. The summed E-state index contributed by atoms with van der Waals surface area (Å²) in [5, 5.41) is 0. The first-order valence-electron chi connectivity index (χ1n) is 5.38. The quantitative estimate of drug-likeness (QED) is 0.866. The minimum absolute atomic E-state index is 0.0647. The first-order valence-corrected chi connectivity index (χ1v) is 5.38. The van der Waals surface area contributed by atoms with Crippen LogP contribution in [0.25, 0.3) is 0 Å². The highest BCUT2D eigenvalue weighted by Gasteiger charge is 2.35. The Morgan fingerprint density at radius 2 is 1.88 bits per heavy atom. The van der Waals surface area contributed by atoms with Crippen molar-refractivity contribution in [3.05, 3.63) is 29.6 Å². The highest BCUT2D eigenvalue weighted by atomic mass is 19.4. The molecule has 2 N–H and O–H groups in total. The second-order valence-corrected chi connectivity index (χ2v) is 5.33. The summed E-state index contributed by atoms with van der Waals surface area (Å²) < 4.78 is 38.3. The average Bonchev–Trinajstić information content (AvgIpc) is 2.13. The lowest BCUT2D eigenvalue weighted by molar-refractivity contribution is -0.138. The molecule has 0 spiro atoms. The van der Waals surface area contributed by atoms with Crippen molar-refractivity contribution in [3.63, 3.8) is 0 Å². The van der Waals surface area contributed by atoms with Gasteiger partial charge in [0.1, 0.15) is 0 Å². The van der Waals surface area contributed by atoms with E-state index < -0.39 is 17.8 Å². The predicted octanol–water partition coefficient (Wildman–Crippen LogP) is 3.54. The standard InChI is InChI=1S/C12H17F3N2/c1-11(2,3)6-10(16)8-7-17-5-4-9(8)12(13,14)15/h4-5,7,10H,6,16H2,1-3H3. The van der Waals surface area contributed by atoms with E-state index in [4.69, 9.17) is 5.73 Å². The van der Waals surface area contributed by atoms with Crippen molar-refractivity contribution in [3.8, 4) is 0 Å². The van der Waals surface area contributed by atoms with Crippen molar-refractivity contribution in [1.82, 2.24) is 4.98 Å². The summed E-state index contributed by atoms with van der Waals surface area (Å²) in [6.45, 7) is 5.82. The second kappa shape index (κ2) is 4.64. The Labute approximate surface area is 99.0 Å². The maximum atomic E-state index is 12.8. The van der Waals surface area contributed by atoms with E-state index in [9.17, 15) is 13.2 Å². The summed E-state index contributed by atoms with van der Waals surface area (Å²) in [6.07, 6.45) is -1.56. The summed E-state index contributed by atoms with van der Waals surface area (Å²) >= 11 is 0. The van der Waals surface area contributed by atoms with Gasteiger partial charge in [0.05, 0.1) is 5.56 Å². The fourth-order valence-corrected chi connectivity index (χ4v) is 1.73. The molecule has 0 saturated carbocycles. The molecule has 5 heteroatoms. The molecule has 0 amide bonds. The Balaban J connectivity index is 3.06. The zero-order chi connectivity index (χ0) is 13.3. The summed E-state index contributed by atoms with van der Waals surface area (Å²) in [5.74, 6) is 0. The number of halogens is 3. The summed E-state index contributed by atoms with van der Waals surface area (Å²) in [7, 11) is 0. The van der Waals surface area contributed by atoms with E-state index in [0.29, 0.717) is 6.42 Å². The van der Waals surface area contributed by atoms with Gasteiger partial charge in [-0.25, -0.2) is 0 Å². The molecule has 0 fully saturated rings. The SMILES string of the molecule is CC(C)(C)CC(N)c1cnccc1C(F)(F)F. The number of hydrogen-bond acceptors (Lipinski definition) is 2. The number of hydrogen-bond donors (Lipinski definition) is 1. The van der Waals surface area contributed by atoms with Crippen molar-refractivity contribution in [2.45, 2.75) is 39.4 Å². The van der Waals surface area contributed by atoms with Crippen LogP contribution in [0.4, 0.5) is 13.2 Å². The number of rotatable bonds is 2. The number of aromatic nitrogens is 1. The minimum Gasteiger partial charge on any atom is -0.324 e. The van der Waals surface area contributed by atoms with Gasteiger partial charge in [0.15, 0.2) is 0 Å². The Hall–Kier alpha value is -1.10. The lowest BCUT2D eigenvalue weighted by Gasteiger charge is -2.25. The van der Waals surface area contributed by atoms with Crippen molar-refractivity contribution in [2.24, 2.45) is 11.1 Å². The van der Waals surface area contributed by atoms with Gasteiger partial charge >= 0.3 is 6.18 Å². The second-order valence-electron chi connectivity index (χ2n) is 5.33. The van der Waals surface area contributed by atoms with Gasteiger partial charge < -0.3 is 5.73 Å². The number of nitrogens with two attached hydrogens (primary N) is 1. The molecular weight excluding hydrogens is 229 g/mol. The van der Waals surface area contributed by atoms with E-state index in [2.05, 4.69) is 4.98 Å². The van der Waals surface area contributed by atoms with Gasteiger partial charge in [-0.2, -0.15) is 13.2 Å². The molecule has 1 aromatic rings. The molecule has 0 aliphatic rings. The average molecular weight is 246 g/mol. The highest BCUT2D eigenvalue weighted by molar-refractivity contribution is 5.29. The fraction of sp³-hybridized carbons (Fsp3) is 0.583. The fourth-order valence-electron chi connectivity index (χ4n) is 1.73. The van der Waals surface area contributed by atoms with E-state index in [1.807, 2.05) is 20.8 Å². The molecule has 17 heavy (non-hydrogen) atoms. The van der Waals surface area contributed by atoms with Gasteiger partial charge in [0.25, 0.3) is 0 Å². The molecule has 1 unspecified atom stereocenters. The molecule has 0 aliphatic heterocycles. The molecule has 2 nitrogen and oxygen atoms in total. The van der Waals surface area contributed by atoms with Crippen LogP contribution >= 0.6 is 0 Å². The lowest BCUT2D eigenvalue weighted by Crippen LogP contribution is -2.22. The van der Waals surface area contributed by atoms with Crippen LogP contribution in [0.3, 0.4) is 0 Å². The van der Waals surface area contributed by atoms with Crippen LogP contribution in [0, 0.1) is 5.41 Å². The molecule has 1 aromatic heterocycles. The van der Waals surface area contributed by atoms with Gasteiger partial charge in [-0.05, 0) is 23.5 Å². The van der Waals surface area contributed by atoms with Crippen LogP contribution in [-0.2, 0) is 6.18 Å². The van der Waals surface area contributed by atoms with Crippen molar-refractivity contribution >= 4 is 0 Å². The Morgan fingerprint density at radius 1 is 1.29 bits per heavy atom. The van der Waals surface area contributed by atoms with E-state index in [1.165, 1.54) is 6.20 Å². The Kier molecular flexibility index (Phi) is 3.81. The van der Waals surface area contributed by atoms with Gasteiger partial charge in [-0.1, -0.05) is 20.8 Å². The lowest BCUT2D eigenvalue weighted by atomic mass is 9.85. The molecule has 96 valence electrons. The van der Waals surface area contributed by atoms with Gasteiger partial charge in [0, 0.05) is 18.4 Å². The molecule has 0 aromatic carbocycles. The Bertz CT molecular complexity index is 380. The van der Waals surface area contributed by atoms with E-state index in [1.54, 1.807) is 0 Å². The monoisotopic (exact) mass is 246 g/mol. The minimum atomic E-state index is -4.38. The topological polar surface area (TPSA) is 38.9 Å². The molecule has 1 heterocycles. The molecule has 0 aliphatic carbocycles. The maximum absolute atomic E-state index is 12.8. The number of nitrogens with zero attached hydrogens (tertiary/aromatic N) is 1. The van der Waals surface area contributed by atoms with Crippen LogP contribution in [0.2, 0.25) is 0 Å². The summed E-state index contributed by atoms with van der Waals surface area (Å²) in [6, 6.07) is 0.318. The van der Waals surface area contributed by atoms with Crippen LogP contribution in [0.1, 0.15) is 44.4 Å². The van der Waals surface area contributed by atoms with E-state index in [0.717, 1.165) is 12.3 Å². The van der Waals surface area contributed by atoms with Crippen molar-refractivity contribution in [1.29, 1.82) is 0 Å². The van der Waals surface area contributed by atoms with Gasteiger partial charge in [-0.3, -0.25) is 4.98 Å². The van der Waals surface area contributed by atoms with E-state index in [-0.39, 0.29) is 11.0 Å². The van der Waals surface area contributed by atoms with E-state index >= 15 is 0 Å². The zero-order valence-electron chi connectivity index (χ0n) is 10.2. The van der Waals surface area contributed by atoms with Crippen LogP contribution < -0.4 is 5.73 Å². The van der Waals surface area contributed by atoms with Gasteiger partial charge in [-0.15, -0.1) is 0 Å². The highest BCUT2D eigenvalue weighted by Crippen LogP contribution is 2.36. The van der Waals surface area contributed by atoms with Gasteiger partial charge in [0.2, 0.25) is 0 Å². The molecule has 1 atom stereocenters. The first-order chi connectivity index (χ1) is 7.61. The smallest absolute Gasteiger partial charge is 0.324 e. The summed E-state index contributed by atoms with van der Waals surface area (Å²) in [4.78, 5) is 3.73. The Morgan fingerprint density at radius 3 is 2.35 bits per heavy atom. The summed E-state index contributed by atoms with van der Waals surface area (Å²) in [5.41, 5.74) is 5.09. The number of alkyl halides is 3. The molecule has 0 saturated heterocycles. The number of pyridine rings is 1. The maximum Gasteiger partial charge on any atom is 0.416 e. The molecule has 1 rings (SSSR count). The zero-order valence-corrected chi connectivity index (χ0v) is 10.2. The third-order valence-electron chi connectivity index (χ3n) is 2.39. The van der Waals surface area contributed by atoms with Crippen LogP contribution in [0.5, 0.6) is 0 Å². The molecular formula is C12H17F3N2. The molecule has 0 radical (unpaired) electrons. The van der Waals surface area contributed by atoms with Crippen molar-refractivity contribution < 1.29 is 13.2 Å². The third-order valence-corrected chi connectivity index (χ3v) is 2.39. The van der Waals surface area contributed by atoms with Crippen LogP contribution in [0.15, 0.2) is 18.5 Å².